The molecular formula is C35H58O7. The Morgan fingerprint density at radius 1 is 0.786 bits per heavy atom. The first-order valence-corrected chi connectivity index (χ1v) is 16.9. The van der Waals surface area contributed by atoms with Crippen LogP contribution in [0.4, 0.5) is 0 Å². The summed E-state index contributed by atoms with van der Waals surface area (Å²) in [6.45, 7) is 13.8. The van der Waals surface area contributed by atoms with E-state index in [1.807, 2.05) is 0 Å². The van der Waals surface area contributed by atoms with Gasteiger partial charge in [0.25, 0.3) is 0 Å². The van der Waals surface area contributed by atoms with Gasteiger partial charge in [-0.15, -0.1) is 0 Å². The standard InChI is InChI=1S/C35H58O7/c1-31(2)15-16-35(30(41)29-28(40)27(39)26(38)22(18-36)42-29)14-9-20-19(21(35)17-31)7-8-24-33(20,5)12-10-23-32(3,4)25(37)11-13-34(23,24)6/h7,20-30,36-41H,8-18H2,1-6H3/t20?,21?,22?,23?,24?,25-,26-,27?,28?,29-,30+,33-,34-,35+/m0/s1. The van der Waals surface area contributed by atoms with Crippen molar-refractivity contribution < 1.29 is 35.4 Å². The molecule has 0 aromatic rings. The minimum Gasteiger partial charge on any atom is -0.394 e. The molecule has 1 aliphatic heterocycles. The summed E-state index contributed by atoms with van der Waals surface area (Å²) in [6, 6.07) is 0. The van der Waals surface area contributed by atoms with Gasteiger partial charge < -0.3 is 35.4 Å². The molecule has 7 unspecified atom stereocenters. The fourth-order valence-electron chi connectivity index (χ4n) is 12.2. The molecule has 0 amide bonds. The molecule has 0 bridgehead atoms. The molecule has 1 heterocycles. The van der Waals surface area contributed by atoms with Crippen LogP contribution >= 0.6 is 0 Å². The van der Waals surface area contributed by atoms with Crippen molar-refractivity contribution in [2.75, 3.05) is 6.61 Å². The Morgan fingerprint density at radius 2 is 1.48 bits per heavy atom. The smallest absolute Gasteiger partial charge is 0.113 e. The molecule has 4 saturated carbocycles. The molecule has 240 valence electrons. The summed E-state index contributed by atoms with van der Waals surface area (Å²) in [4.78, 5) is 0. The molecule has 0 spiro atoms. The lowest BCUT2D eigenvalue weighted by Gasteiger charge is -2.68. The molecule has 6 aliphatic rings. The van der Waals surface area contributed by atoms with Crippen LogP contribution in [0, 0.1) is 50.7 Å². The summed E-state index contributed by atoms with van der Waals surface area (Å²) < 4.78 is 5.98. The zero-order valence-corrected chi connectivity index (χ0v) is 26.8. The largest absolute Gasteiger partial charge is 0.394 e. The highest BCUT2D eigenvalue weighted by atomic mass is 16.6. The Labute approximate surface area is 252 Å². The summed E-state index contributed by atoms with van der Waals surface area (Å²) in [5.41, 5.74) is 1.39. The molecule has 5 fully saturated rings. The van der Waals surface area contributed by atoms with Crippen molar-refractivity contribution in [3.05, 3.63) is 11.6 Å². The maximum Gasteiger partial charge on any atom is 0.113 e. The van der Waals surface area contributed by atoms with Crippen LogP contribution in [0.25, 0.3) is 0 Å². The van der Waals surface area contributed by atoms with Gasteiger partial charge in [-0.2, -0.15) is 0 Å². The first-order chi connectivity index (χ1) is 19.5. The van der Waals surface area contributed by atoms with E-state index in [0.717, 1.165) is 64.2 Å². The topological polar surface area (TPSA) is 131 Å². The lowest BCUT2D eigenvalue weighted by Crippen LogP contribution is -2.66. The van der Waals surface area contributed by atoms with Gasteiger partial charge in [0, 0.05) is 5.41 Å². The third-order valence-electron chi connectivity index (χ3n) is 14.7. The third-order valence-corrected chi connectivity index (χ3v) is 14.7. The fourth-order valence-corrected chi connectivity index (χ4v) is 12.2. The van der Waals surface area contributed by atoms with Crippen molar-refractivity contribution in [2.45, 2.75) is 148 Å². The second-order valence-electron chi connectivity index (χ2n) is 17.5. The average molecular weight is 591 g/mol. The van der Waals surface area contributed by atoms with Crippen LogP contribution in [0.2, 0.25) is 0 Å². The first kappa shape index (κ1) is 31.4. The number of fused-ring (bicyclic) bond motifs is 7. The zero-order chi connectivity index (χ0) is 30.6. The van der Waals surface area contributed by atoms with Gasteiger partial charge in [-0.1, -0.05) is 53.2 Å². The molecule has 6 rings (SSSR count). The fraction of sp³-hybridized carbons (Fsp3) is 0.943. The SMILES string of the molecule is CC1(C)CC[C@]2([C@H](O)[C@H]3OC(CO)[C@H](O)C(O)C3O)CCC3C(=CCC4[C@@]3(C)CCC3C(C)(C)[C@@H](O)CC[C@@]34C)C2C1. The van der Waals surface area contributed by atoms with Gasteiger partial charge in [0.2, 0.25) is 0 Å². The molecule has 0 aromatic heterocycles. The van der Waals surface area contributed by atoms with Gasteiger partial charge in [0.1, 0.15) is 30.5 Å². The summed E-state index contributed by atoms with van der Waals surface area (Å²) in [5, 5.41) is 65.0. The molecule has 0 aromatic carbocycles. The molecule has 1 saturated heterocycles. The predicted molar refractivity (Wildman–Crippen MR) is 160 cm³/mol. The number of allylic oxidation sites excluding steroid dienone is 2. The normalized spacial score (nSPS) is 54.0. The number of aliphatic hydroxyl groups is 6. The molecule has 5 aliphatic carbocycles. The van der Waals surface area contributed by atoms with E-state index in [4.69, 9.17) is 4.74 Å². The van der Waals surface area contributed by atoms with Crippen LogP contribution in [0.3, 0.4) is 0 Å². The Balaban J connectivity index is 1.36. The Morgan fingerprint density at radius 3 is 2.17 bits per heavy atom. The molecule has 6 N–H and O–H groups in total. The van der Waals surface area contributed by atoms with Crippen LogP contribution in [0.5, 0.6) is 0 Å². The lowest BCUT2D eigenvalue weighted by atomic mass is 9.36. The van der Waals surface area contributed by atoms with Crippen molar-refractivity contribution in [3.8, 4) is 0 Å². The summed E-state index contributed by atoms with van der Waals surface area (Å²) in [7, 11) is 0. The second-order valence-corrected chi connectivity index (χ2v) is 17.5. The van der Waals surface area contributed by atoms with E-state index in [-0.39, 0.29) is 33.7 Å². The minimum absolute atomic E-state index is 0.0804. The van der Waals surface area contributed by atoms with Crippen LogP contribution in [0.1, 0.15) is 106 Å². The Kier molecular flexibility index (Phi) is 7.66. The molecule has 14 atom stereocenters. The highest BCUT2D eigenvalue weighted by Gasteiger charge is 2.66. The van der Waals surface area contributed by atoms with E-state index in [9.17, 15) is 30.6 Å². The van der Waals surface area contributed by atoms with E-state index < -0.39 is 48.6 Å². The van der Waals surface area contributed by atoms with Crippen LogP contribution in [-0.4, -0.2) is 80.0 Å². The van der Waals surface area contributed by atoms with Crippen molar-refractivity contribution in [2.24, 2.45) is 50.7 Å². The van der Waals surface area contributed by atoms with E-state index in [2.05, 4.69) is 47.6 Å². The van der Waals surface area contributed by atoms with Gasteiger partial charge in [-0.25, -0.2) is 0 Å². The molecule has 0 radical (unpaired) electrons. The maximum absolute atomic E-state index is 12.2. The predicted octanol–water partition coefficient (Wildman–Crippen LogP) is 3.96. The molecule has 7 nitrogen and oxygen atoms in total. The summed E-state index contributed by atoms with van der Waals surface area (Å²) >= 11 is 0. The Hall–Kier alpha value is -0.540. The average Bonchev–Trinajstić information content (AvgIpc) is 2.93. The van der Waals surface area contributed by atoms with E-state index in [1.54, 1.807) is 0 Å². The number of rotatable bonds is 3. The van der Waals surface area contributed by atoms with E-state index in [0.29, 0.717) is 17.8 Å². The maximum atomic E-state index is 12.2. The van der Waals surface area contributed by atoms with E-state index >= 15 is 0 Å². The summed E-state index contributed by atoms with van der Waals surface area (Å²) in [6.07, 6.45) is 4.71. The number of aliphatic hydroxyl groups excluding tert-OH is 6. The second kappa shape index (κ2) is 10.2. The zero-order valence-electron chi connectivity index (χ0n) is 26.8. The molecular weight excluding hydrogens is 532 g/mol. The Bertz CT molecular complexity index is 1070. The van der Waals surface area contributed by atoms with Crippen molar-refractivity contribution in [1.82, 2.24) is 0 Å². The van der Waals surface area contributed by atoms with Gasteiger partial charge in [0.15, 0.2) is 0 Å². The highest BCUT2D eigenvalue weighted by molar-refractivity contribution is 5.30. The van der Waals surface area contributed by atoms with Crippen molar-refractivity contribution in [1.29, 1.82) is 0 Å². The number of hydrogen-bond donors (Lipinski definition) is 6. The quantitative estimate of drug-likeness (QED) is 0.274. The van der Waals surface area contributed by atoms with Crippen LogP contribution < -0.4 is 0 Å². The van der Waals surface area contributed by atoms with Crippen LogP contribution in [0.15, 0.2) is 11.6 Å². The van der Waals surface area contributed by atoms with E-state index in [1.165, 1.54) is 5.57 Å². The van der Waals surface area contributed by atoms with Crippen molar-refractivity contribution >= 4 is 0 Å². The number of ether oxygens (including phenoxy) is 1. The first-order valence-electron chi connectivity index (χ1n) is 16.9. The minimum atomic E-state index is -1.48. The highest BCUT2D eigenvalue weighted by Crippen LogP contribution is 2.72. The summed E-state index contributed by atoms with van der Waals surface area (Å²) in [5.74, 6) is 1.66. The van der Waals surface area contributed by atoms with Crippen molar-refractivity contribution in [3.63, 3.8) is 0 Å². The number of hydrogen-bond acceptors (Lipinski definition) is 7. The van der Waals surface area contributed by atoms with Crippen LogP contribution in [-0.2, 0) is 4.74 Å². The lowest BCUT2D eigenvalue weighted by molar-refractivity contribution is -0.270. The van der Waals surface area contributed by atoms with Gasteiger partial charge >= 0.3 is 0 Å². The van der Waals surface area contributed by atoms with Gasteiger partial charge in [-0.05, 0) is 110 Å². The van der Waals surface area contributed by atoms with Gasteiger partial charge in [-0.3, -0.25) is 0 Å². The molecule has 7 heteroatoms. The molecule has 42 heavy (non-hydrogen) atoms. The van der Waals surface area contributed by atoms with Gasteiger partial charge in [0.05, 0.1) is 18.8 Å². The third kappa shape index (κ3) is 4.30. The monoisotopic (exact) mass is 590 g/mol.